The van der Waals surface area contributed by atoms with Crippen LogP contribution in [0.5, 0.6) is 11.5 Å². The molecular weight excluding hydrogens is 536 g/mol. The Bertz CT molecular complexity index is 1200. The van der Waals surface area contributed by atoms with E-state index in [1.807, 2.05) is 44.2 Å². The first-order valence-electron chi connectivity index (χ1n) is 13.2. The van der Waals surface area contributed by atoms with Gasteiger partial charge in [0.1, 0.15) is 18.8 Å². The second kappa shape index (κ2) is 15.0. The summed E-state index contributed by atoms with van der Waals surface area (Å²) in [5.74, 6) is -3.40. The molecule has 1 aliphatic rings. The zero-order valence-corrected chi connectivity index (χ0v) is 23.8. The number of carbonyl (C=O) groups excluding carboxylic acids is 4. The number of ether oxygens (including phenoxy) is 6. The number of hydrogen-bond acceptors (Lipinski definition) is 11. The second-order valence-electron chi connectivity index (χ2n) is 9.88. The monoisotopic (exact) mass is 572 g/mol. The Morgan fingerprint density at radius 1 is 1.12 bits per heavy atom. The summed E-state index contributed by atoms with van der Waals surface area (Å²) in [6.45, 7) is 6.14. The van der Waals surface area contributed by atoms with Crippen LogP contribution in [0.3, 0.4) is 0 Å². The Hall–Kier alpha value is -4.19. The van der Waals surface area contributed by atoms with E-state index in [1.165, 1.54) is 26.3 Å². The molecule has 12 heteroatoms. The summed E-state index contributed by atoms with van der Waals surface area (Å²) in [7, 11) is 1.36. The van der Waals surface area contributed by atoms with Gasteiger partial charge in [0.25, 0.3) is 5.91 Å². The lowest BCUT2D eigenvalue weighted by atomic mass is 9.91. The normalized spacial score (nSPS) is 21.0. The Kier molecular flexibility index (Phi) is 11.5. The summed E-state index contributed by atoms with van der Waals surface area (Å²) >= 11 is 0. The van der Waals surface area contributed by atoms with Gasteiger partial charge in [-0.25, -0.2) is 9.78 Å². The molecule has 0 spiro atoms. The molecule has 1 fully saturated rings. The molecule has 0 radical (unpaired) electrons. The SMILES string of the molecule is COc1ccnc(C(=O)NC2COC(=O)[C@H](Cc3ccccc3)C(OCC(C)C)[C@H](C)OC2=O)c1OCOC(C)=O. The molecule has 2 unspecified atom stereocenters. The van der Waals surface area contributed by atoms with E-state index >= 15 is 0 Å². The van der Waals surface area contributed by atoms with Gasteiger partial charge in [0.15, 0.2) is 23.2 Å². The van der Waals surface area contributed by atoms with E-state index in [1.54, 1.807) is 6.92 Å². The second-order valence-corrected chi connectivity index (χ2v) is 9.88. The van der Waals surface area contributed by atoms with Gasteiger partial charge >= 0.3 is 17.9 Å². The summed E-state index contributed by atoms with van der Waals surface area (Å²) in [4.78, 5) is 55.0. The van der Waals surface area contributed by atoms with Crippen LogP contribution in [0.25, 0.3) is 0 Å². The quantitative estimate of drug-likeness (QED) is 0.240. The molecule has 4 atom stereocenters. The number of carbonyl (C=O) groups is 4. The van der Waals surface area contributed by atoms with Crippen LogP contribution < -0.4 is 14.8 Å². The number of rotatable bonds is 11. The van der Waals surface area contributed by atoms with Gasteiger partial charge in [-0.3, -0.25) is 14.4 Å². The van der Waals surface area contributed by atoms with Crippen LogP contribution in [0, 0.1) is 11.8 Å². The fourth-order valence-corrected chi connectivity index (χ4v) is 4.15. The van der Waals surface area contributed by atoms with Crippen LogP contribution in [0.15, 0.2) is 42.6 Å². The molecule has 1 amide bonds. The van der Waals surface area contributed by atoms with Gasteiger partial charge in [0.2, 0.25) is 6.79 Å². The van der Waals surface area contributed by atoms with Crippen molar-refractivity contribution >= 4 is 23.8 Å². The maximum absolute atomic E-state index is 13.4. The van der Waals surface area contributed by atoms with Crippen molar-refractivity contribution in [3.63, 3.8) is 0 Å². The van der Waals surface area contributed by atoms with Crippen molar-refractivity contribution < 1.29 is 47.6 Å². The third kappa shape index (κ3) is 8.90. The van der Waals surface area contributed by atoms with Crippen molar-refractivity contribution in [3.8, 4) is 11.5 Å². The number of nitrogens with one attached hydrogen (secondary N) is 1. The van der Waals surface area contributed by atoms with Gasteiger partial charge in [-0.2, -0.15) is 0 Å². The van der Waals surface area contributed by atoms with E-state index in [-0.39, 0.29) is 23.1 Å². The fraction of sp³-hybridized carbons (Fsp3) is 0.483. The minimum absolute atomic E-state index is 0.111. The number of pyridine rings is 1. The van der Waals surface area contributed by atoms with Crippen LogP contribution in [0.4, 0.5) is 0 Å². The molecule has 1 aromatic heterocycles. The average molecular weight is 573 g/mol. The minimum atomic E-state index is -1.36. The number of aromatic nitrogens is 1. The Morgan fingerprint density at radius 3 is 2.51 bits per heavy atom. The van der Waals surface area contributed by atoms with Gasteiger partial charge in [-0.05, 0) is 24.8 Å². The average Bonchev–Trinajstić information content (AvgIpc) is 2.97. The number of hydrogen-bond donors (Lipinski definition) is 1. The number of benzene rings is 1. The van der Waals surface area contributed by atoms with Crippen molar-refractivity contribution in [2.45, 2.75) is 52.4 Å². The first-order valence-corrected chi connectivity index (χ1v) is 13.2. The third-order valence-electron chi connectivity index (χ3n) is 6.14. The highest BCUT2D eigenvalue weighted by molar-refractivity contribution is 5.98. The predicted octanol–water partition coefficient (Wildman–Crippen LogP) is 2.48. The van der Waals surface area contributed by atoms with Crippen molar-refractivity contribution in [1.82, 2.24) is 10.3 Å². The van der Waals surface area contributed by atoms with Crippen LogP contribution in [-0.4, -0.2) is 74.2 Å². The molecule has 2 aromatic rings. The van der Waals surface area contributed by atoms with Gasteiger partial charge in [-0.1, -0.05) is 44.2 Å². The Balaban J connectivity index is 1.84. The summed E-state index contributed by atoms with van der Waals surface area (Å²) in [6.07, 6.45) is -0.0127. The number of amides is 1. The van der Waals surface area contributed by atoms with Crippen molar-refractivity contribution in [2.75, 3.05) is 27.1 Å². The molecule has 1 saturated heterocycles. The molecule has 0 aliphatic carbocycles. The molecule has 3 rings (SSSR count). The van der Waals surface area contributed by atoms with E-state index in [0.717, 1.165) is 5.56 Å². The van der Waals surface area contributed by atoms with E-state index < -0.39 is 61.4 Å². The smallest absolute Gasteiger partial charge is 0.332 e. The lowest BCUT2D eigenvalue weighted by Gasteiger charge is -2.30. The zero-order valence-electron chi connectivity index (χ0n) is 23.8. The third-order valence-corrected chi connectivity index (χ3v) is 6.14. The first-order chi connectivity index (χ1) is 19.6. The van der Waals surface area contributed by atoms with Crippen LogP contribution in [-0.2, 0) is 39.8 Å². The topological polar surface area (TPSA) is 149 Å². The number of cyclic esters (lactones) is 2. The maximum Gasteiger partial charge on any atom is 0.332 e. The molecule has 0 bridgehead atoms. The van der Waals surface area contributed by atoms with Crippen LogP contribution >= 0.6 is 0 Å². The maximum atomic E-state index is 13.4. The van der Waals surface area contributed by atoms with E-state index in [0.29, 0.717) is 13.0 Å². The highest BCUT2D eigenvalue weighted by Crippen LogP contribution is 2.30. The molecule has 1 aromatic carbocycles. The minimum Gasteiger partial charge on any atom is -0.493 e. The molecule has 222 valence electrons. The highest BCUT2D eigenvalue weighted by Gasteiger charge is 2.40. The Labute approximate surface area is 238 Å². The van der Waals surface area contributed by atoms with Gasteiger partial charge < -0.3 is 33.7 Å². The molecule has 41 heavy (non-hydrogen) atoms. The van der Waals surface area contributed by atoms with Gasteiger partial charge in [-0.15, -0.1) is 0 Å². The zero-order chi connectivity index (χ0) is 29.9. The molecule has 1 N–H and O–H groups in total. The van der Waals surface area contributed by atoms with Crippen molar-refractivity contribution in [1.29, 1.82) is 0 Å². The highest BCUT2D eigenvalue weighted by atomic mass is 16.7. The van der Waals surface area contributed by atoms with Crippen LogP contribution in [0.2, 0.25) is 0 Å². The van der Waals surface area contributed by atoms with Crippen molar-refractivity contribution in [3.05, 3.63) is 53.9 Å². The predicted molar refractivity (Wildman–Crippen MR) is 144 cm³/mol. The number of nitrogens with zero attached hydrogens (tertiary/aromatic N) is 1. The lowest BCUT2D eigenvalue weighted by Crippen LogP contribution is -2.46. The molecule has 12 nitrogen and oxygen atoms in total. The number of esters is 3. The van der Waals surface area contributed by atoms with E-state index in [9.17, 15) is 19.2 Å². The Morgan fingerprint density at radius 2 is 1.85 bits per heavy atom. The lowest BCUT2D eigenvalue weighted by molar-refractivity contribution is -0.165. The summed E-state index contributed by atoms with van der Waals surface area (Å²) in [6, 6.07) is 9.48. The fourth-order valence-electron chi connectivity index (χ4n) is 4.15. The largest absolute Gasteiger partial charge is 0.493 e. The van der Waals surface area contributed by atoms with Gasteiger partial charge in [0.05, 0.1) is 13.0 Å². The van der Waals surface area contributed by atoms with Crippen molar-refractivity contribution in [2.24, 2.45) is 11.8 Å². The first kappa shape index (κ1) is 31.3. The van der Waals surface area contributed by atoms with Gasteiger partial charge in [0, 0.05) is 25.8 Å². The summed E-state index contributed by atoms with van der Waals surface area (Å²) in [5, 5.41) is 2.50. The van der Waals surface area contributed by atoms with E-state index in [4.69, 9.17) is 28.4 Å². The molecule has 0 saturated carbocycles. The molecule has 1 aliphatic heterocycles. The van der Waals surface area contributed by atoms with E-state index in [2.05, 4.69) is 10.3 Å². The van der Waals surface area contributed by atoms with Crippen LogP contribution in [0.1, 0.15) is 43.7 Å². The standard InChI is InChI=1S/C29H36N2O10/c1-17(2)14-37-25-18(3)41-29(35)22(15-38-28(34)21(25)13-20-9-7-6-8-10-20)31-27(33)24-26(40-16-39-19(4)32)23(36-5)11-12-30-24/h6-12,17-18,21-22,25H,13-16H2,1-5H3,(H,31,33)/t18-,21+,22?,25?/m0/s1. The summed E-state index contributed by atoms with van der Waals surface area (Å²) in [5.41, 5.74) is 0.643. The molecular formula is C29H36N2O10. The summed E-state index contributed by atoms with van der Waals surface area (Å²) < 4.78 is 32.8. The number of methoxy groups -OCH3 is 1. The molecule has 2 heterocycles.